The van der Waals surface area contributed by atoms with Gasteiger partial charge in [0, 0.05) is 22.6 Å². The molecule has 0 bridgehead atoms. The fourth-order valence-electron chi connectivity index (χ4n) is 5.09. The molecule has 2 amide bonds. The van der Waals surface area contributed by atoms with Gasteiger partial charge in [-0.1, -0.05) is 78.9 Å². The minimum absolute atomic E-state index is 0.0383. The van der Waals surface area contributed by atoms with Gasteiger partial charge in [-0.3, -0.25) is 13.9 Å². The Morgan fingerprint density at radius 2 is 1.61 bits per heavy atom. The lowest BCUT2D eigenvalue weighted by Gasteiger charge is -2.33. The standard InChI is InChI=1S/C31H35Cl2N3O4S/c1-22-19-25(32)17-18-29(22)36(41(39,40)27-14-7-4-8-15-27)21-30(37)35(20-24-11-9-10-16-28(24)33)23(2)31(38)34-26-12-5-3-6-13-26/h4,7-11,14-19,23,26H,3,5-6,12-13,20-21H2,1-2H3,(H,34,38). The lowest BCUT2D eigenvalue weighted by atomic mass is 9.95. The second-order valence-electron chi connectivity index (χ2n) is 10.4. The zero-order valence-corrected chi connectivity index (χ0v) is 25.6. The number of hydrogen-bond donors (Lipinski definition) is 1. The highest BCUT2D eigenvalue weighted by molar-refractivity contribution is 7.92. The van der Waals surface area contributed by atoms with Crippen molar-refractivity contribution in [2.75, 3.05) is 10.8 Å². The van der Waals surface area contributed by atoms with E-state index in [1.165, 1.54) is 17.0 Å². The van der Waals surface area contributed by atoms with Crippen LogP contribution in [0.3, 0.4) is 0 Å². The fraction of sp³-hybridized carbons (Fsp3) is 0.355. The molecule has 0 heterocycles. The smallest absolute Gasteiger partial charge is 0.264 e. The first kappa shape index (κ1) is 30.9. The number of carbonyl (C=O) groups excluding carboxylic acids is 2. The lowest BCUT2D eigenvalue weighted by molar-refractivity contribution is -0.139. The third-order valence-corrected chi connectivity index (χ3v) is 9.83. The molecule has 1 unspecified atom stereocenters. The maximum atomic E-state index is 14.1. The van der Waals surface area contributed by atoms with Crippen LogP contribution in [0.2, 0.25) is 10.0 Å². The van der Waals surface area contributed by atoms with Gasteiger partial charge in [0.1, 0.15) is 12.6 Å². The molecular formula is C31H35Cl2N3O4S. The number of nitrogens with zero attached hydrogens (tertiary/aromatic N) is 2. The highest BCUT2D eigenvalue weighted by Crippen LogP contribution is 2.30. The maximum Gasteiger partial charge on any atom is 0.264 e. The Bertz CT molecular complexity index is 1480. The maximum absolute atomic E-state index is 14.1. The van der Waals surface area contributed by atoms with E-state index in [4.69, 9.17) is 23.2 Å². The largest absolute Gasteiger partial charge is 0.352 e. The number of sulfonamides is 1. The summed E-state index contributed by atoms with van der Waals surface area (Å²) in [5.74, 6) is -0.817. The summed E-state index contributed by atoms with van der Waals surface area (Å²) in [6.07, 6.45) is 5.04. The van der Waals surface area contributed by atoms with E-state index in [1.54, 1.807) is 74.5 Å². The van der Waals surface area contributed by atoms with Crippen LogP contribution in [-0.2, 0) is 26.2 Å². The molecule has 1 aliphatic carbocycles. The number of aryl methyl sites for hydroxylation is 1. The quantitative estimate of drug-likeness (QED) is 0.287. The normalized spacial score (nSPS) is 14.7. The summed E-state index contributed by atoms with van der Waals surface area (Å²) < 4.78 is 28.9. The summed E-state index contributed by atoms with van der Waals surface area (Å²) >= 11 is 12.6. The predicted molar refractivity (Wildman–Crippen MR) is 164 cm³/mol. The van der Waals surface area contributed by atoms with Crippen LogP contribution in [0.25, 0.3) is 0 Å². The Balaban J connectivity index is 1.70. The third kappa shape index (κ3) is 7.61. The van der Waals surface area contributed by atoms with E-state index >= 15 is 0 Å². The Morgan fingerprint density at radius 3 is 2.27 bits per heavy atom. The van der Waals surface area contributed by atoms with E-state index in [1.807, 2.05) is 0 Å². The monoisotopic (exact) mass is 615 g/mol. The molecule has 0 spiro atoms. The summed E-state index contributed by atoms with van der Waals surface area (Å²) in [6, 6.07) is 19.1. The van der Waals surface area contributed by atoms with Crippen molar-refractivity contribution in [3.05, 3.63) is 94.0 Å². The van der Waals surface area contributed by atoms with Crippen LogP contribution >= 0.6 is 23.2 Å². The average Bonchev–Trinajstić information content (AvgIpc) is 2.96. The van der Waals surface area contributed by atoms with Gasteiger partial charge in [0.15, 0.2) is 0 Å². The van der Waals surface area contributed by atoms with Crippen LogP contribution in [0, 0.1) is 6.92 Å². The lowest BCUT2D eigenvalue weighted by Crippen LogP contribution is -2.53. The highest BCUT2D eigenvalue weighted by Gasteiger charge is 2.34. The van der Waals surface area contributed by atoms with Gasteiger partial charge in [0.2, 0.25) is 11.8 Å². The van der Waals surface area contributed by atoms with Crippen molar-refractivity contribution < 1.29 is 18.0 Å². The van der Waals surface area contributed by atoms with Gasteiger partial charge in [0.25, 0.3) is 10.0 Å². The first-order valence-corrected chi connectivity index (χ1v) is 15.9. The van der Waals surface area contributed by atoms with Crippen LogP contribution in [0.4, 0.5) is 5.69 Å². The first-order chi connectivity index (χ1) is 19.6. The average molecular weight is 617 g/mol. The molecule has 1 atom stereocenters. The van der Waals surface area contributed by atoms with E-state index in [9.17, 15) is 18.0 Å². The minimum Gasteiger partial charge on any atom is -0.352 e. The molecule has 1 aliphatic rings. The Hall–Kier alpha value is -3.07. The van der Waals surface area contributed by atoms with Crippen molar-refractivity contribution in [3.8, 4) is 0 Å². The summed E-state index contributed by atoms with van der Waals surface area (Å²) in [5.41, 5.74) is 1.56. The topological polar surface area (TPSA) is 86.8 Å². The van der Waals surface area contributed by atoms with Crippen LogP contribution in [0.15, 0.2) is 77.7 Å². The molecule has 41 heavy (non-hydrogen) atoms. The van der Waals surface area contributed by atoms with Gasteiger partial charge in [-0.2, -0.15) is 0 Å². The third-order valence-electron chi connectivity index (χ3n) is 7.45. The zero-order chi connectivity index (χ0) is 29.6. The molecule has 0 radical (unpaired) electrons. The highest BCUT2D eigenvalue weighted by atomic mass is 35.5. The number of nitrogens with one attached hydrogen (secondary N) is 1. The molecule has 0 saturated heterocycles. The van der Waals surface area contributed by atoms with Gasteiger partial charge in [-0.05, 0) is 74.2 Å². The molecule has 3 aromatic carbocycles. The van der Waals surface area contributed by atoms with Crippen LogP contribution < -0.4 is 9.62 Å². The number of halogens is 2. The van der Waals surface area contributed by atoms with Crippen molar-refractivity contribution in [2.45, 2.75) is 69.5 Å². The number of anilines is 1. The molecule has 0 aliphatic heterocycles. The predicted octanol–water partition coefficient (Wildman–Crippen LogP) is 6.36. The molecule has 1 N–H and O–H groups in total. The number of hydrogen-bond acceptors (Lipinski definition) is 4. The molecular weight excluding hydrogens is 581 g/mol. The summed E-state index contributed by atoms with van der Waals surface area (Å²) in [7, 11) is -4.15. The van der Waals surface area contributed by atoms with Crippen molar-refractivity contribution in [3.63, 3.8) is 0 Å². The number of benzene rings is 3. The Morgan fingerprint density at radius 1 is 0.951 bits per heavy atom. The van der Waals surface area contributed by atoms with Crippen LogP contribution in [-0.4, -0.2) is 43.8 Å². The van der Waals surface area contributed by atoms with Gasteiger partial charge in [0.05, 0.1) is 10.6 Å². The minimum atomic E-state index is -4.15. The zero-order valence-electron chi connectivity index (χ0n) is 23.2. The Labute approximate surface area is 252 Å². The van der Waals surface area contributed by atoms with Crippen molar-refractivity contribution in [1.29, 1.82) is 0 Å². The summed E-state index contributed by atoms with van der Waals surface area (Å²) in [5, 5.41) is 4.00. The molecule has 10 heteroatoms. The second-order valence-corrected chi connectivity index (χ2v) is 13.1. The number of carbonyl (C=O) groups is 2. The van der Waals surface area contributed by atoms with E-state index < -0.39 is 28.5 Å². The van der Waals surface area contributed by atoms with Gasteiger partial charge < -0.3 is 10.2 Å². The molecule has 3 aromatic rings. The first-order valence-electron chi connectivity index (χ1n) is 13.7. The molecule has 1 fully saturated rings. The molecule has 218 valence electrons. The summed E-state index contributed by atoms with van der Waals surface area (Å²) in [4.78, 5) is 29.0. The van der Waals surface area contributed by atoms with E-state index in [2.05, 4.69) is 5.32 Å². The van der Waals surface area contributed by atoms with Gasteiger partial charge in [-0.25, -0.2) is 8.42 Å². The van der Waals surface area contributed by atoms with E-state index in [0.717, 1.165) is 36.4 Å². The Kier molecular flexibility index (Phi) is 10.3. The molecule has 0 aromatic heterocycles. The van der Waals surface area contributed by atoms with Crippen molar-refractivity contribution >= 4 is 50.7 Å². The van der Waals surface area contributed by atoms with E-state index in [-0.39, 0.29) is 23.4 Å². The van der Waals surface area contributed by atoms with Crippen molar-refractivity contribution in [2.24, 2.45) is 0 Å². The molecule has 4 rings (SSSR count). The van der Waals surface area contributed by atoms with Crippen LogP contribution in [0.5, 0.6) is 0 Å². The van der Waals surface area contributed by atoms with Crippen LogP contribution in [0.1, 0.15) is 50.2 Å². The SMILES string of the molecule is Cc1cc(Cl)ccc1N(CC(=O)N(Cc1ccccc1Cl)C(C)C(=O)NC1CCCCC1)S(=O)(=O)c1ccccc1. The fourth-order valence-corrected chi connectivity index (χ4v) is 7.02. The molecule has 1 saturated carbocycles. The van der Waals surface area contributed by atoms with Gasteiger partial charge in [-0.15, -0.1) is 0 Å². The summed E-state index contributed by atoms with van der Waals surface area (Å²) in [6.45, 7) is 2.92. The van der Waals surface area contributed by atoms with Gasteiger partial charge >= 0.3 is 0 Å². The number of rotatable bonds is 10. The molecule has 7 nitrogen and oxygen atoms in total. The van der Waals surface area contributed by atoms with Crippen molar-refractivity contribution in [1.82, 2.24) is 10.2 Å². The van der Waals surface area contributed by atoms with E-state index in [0.29, 0.717) is 26.9 Å². The second kappa shape index (κ2) is 13.7. The number of amides is 2.